The maximum absolute atomic E-state index is 13.4. The number of hydrogen-bond donors (Lipinski definition) is 0. The van der Waals surface area contributed by atoms with Crippen molar-refractivity contribution in [2.24, 2.45) is 0 Å². The van der Waals surface area contributed by atoms with Crippen LogP contribution in [0.25, 0.3) is 11.4 Å². The molecule has 0 saturated heterocycles. The van der Waals surface area contributed by atoms with E-state index >= 15 is 0 Å². The summed E-state index contributed by atoms with van der Waals surface area (Å²) in [6.07, 6.45) is -2.55. The van der Waals surface area contributed by atoms with Gasteiger partial charge in [-0.05, 0) is 48.4 Å². The van der Waals surface area contributed by atoms with Gasteiger partial charge in [0.15, 0.2) is 5.82 Å². The van der Waals surface area contributed by atoms with Crippen molar-refractivity contribution in [2.75, 3.05) is 0 Å². The fourth-order valence-electron chi connectivity index (χ4n) is 3.44. The Morgan fingerprint density at radius 3 is 2.50 bits per heavy atom. The number of aromatic nitrogens is 2. The number of carbonyl (C=O) groups excluding carboxylic acids is 1. The van der Waals surface area contributed by atoms with Crippen LogP contribution in [-0.2, 0) is 25.7 Å². The first-order chi connectivity index (χ1) is 14.3. The second-order valence-electron chi connectivity index (χ2n) is 7.06. The lowest BCUT2D eigenvalue weighted by atomic mass is 10.0. The van der Waals surface area contributed by atoms with Gasteiger partial charge in [-0.1, -0.05) is 13.0 Å². The average Bonchev–Trinajstić information content (AvgIpc) is 3.16. The molecule has 2 aromatic carbocycles. The molecule has 0 aliphatic carbocycles. The van der Waals surface area contributed by atoms with Gasteiger partial charge in [0.1, 0.15) is 5.82 Å². The third-order valence-electron chi connectivity index (χ3n) is 5.07. The highest BCUT2D eigenvalue weighted by molar-refractivity contribution is 5.96. The smallest absolute Gasteiger partial charge is 0.328 e. The maximum atomic E-state index is 13.4. The lowest BCUT2D eigenvalue weighted by Gasteiger charge is -2.19. The van der Waals surface area contributed by atoms with E-state index in [1.807, 2.05) is 6.92 Å². The van der Waals surface area contributed by atoms with Crippen molar-refractivity contribution in [3.05, 3.63) is 82.4 Å². The molecule has 4 nitrogen and oxygen atoms in total. The van der Waals surface area contributed by atoms with Crippen LogP contribution in [-0.4, -0.2) is 20.8 Å². The Hall–Kier alpha value is -3.29. The molecule has 1 aliphatic rings. The number of nitrogens with zero attached hydrogens (tertiary/aromatic N) is 3. The number of hydrogen-bond acceptors (Lipinski definition) is 3. The molecule has 4 rings (SSSR count). The largest absolute Gasteiger partial charge is 0.417 e. The fourth-order valence-corrected chi connectivity index (χ4v) is 3.44. The Morgan fingerprint density at radius 1 is 1.10 bits per heavy atom. The number of halogens is 4. The van der Waals surface area contributed by atoms with Crippen LogP contribution in [0.15, 0.2) is 48.7 Å². The van der Waals surface area contributed by atoms with Crippen LogP contribution >= 0.6 is 0 Å². The van der Waals surface area contributed by atoms with Crippen LogP contribution in [0, 0.1) is 5.82 Å². The SMILES string of the molecule is CCc1ccc(C(F)(F)F)c(C(=O)N2Cc3cnc(-c4ccc(F)cc4)nc3C2)c1. The Bertz CT molecular complexity index is 1110. The molecule has 3 aromatic rings. The molecule has 8 heteroatoms. The van der Waals surface area contributed by atoms with Crippen LogP contribution in [0.5, 0.6) is 0 Å². The summed E-state index contributed by atoms with van der Waals surface area (Å²) < 4.78 is 53.5. The molecule has 154 valence electrons. The number of alkyl halides is 3. The normalized spacial score (nSPS) is 13.4. The highest BCUT2D eigenvalue weighted by atomic mass is 19.4. The van der Waals surface area contributed by atoms with Crippen LogP contribution < -0.4 is 0 Å². The Labute approximate surface area is 170 Å². The highest BCUT2D eigenvalue weighted by Crippen LogP contribution is 2.34. The molecule has 0 fully saturated rings. The Kier molecular flexibility index (Phi) is 5.01. The Morgan fingerprint density at radius 2 is 1.83 bits per heavy atom. The van der Waals surface area contributed by atoms with E-state index in [2.05, 4.69) is 9.97 Å². The van der Waals surface area contributed by atoms with Gasteiger partial charge in [-0.15, -0.1) is 0 Å². The van der Waals surface area contributed by atoms with Crippen LogP contribution in [0.3, 0.4) is 0 Å². The maximum Gasteiger partial charge on any atom is 0.417 e. The first kappa shape index (κ1) is 20.0. The van der Waals surface area contributed by atoms with Gasteiger partial charge in [0.25, 0.3) is 5.91 Å². The molecule has 1 aliphatic heterocycles. The van der Waals surface area contributed by atoms with Crippen molar-refractivity contribution in [1.82, 2.24) is 14.9 Å². The average molecular weight is 415 g/mol. The molecule has 0 bridgehead atoms. The van der Waals surface area contributed by atoms with E-state index in [4.69, 9.17) is 0 Å². The minimum absolute atomic E-state index is 0.0819. The van der Waals surface area contributed by atoms with Crippen molar-refractivity contribution in [2.45, 2.75) is 32.6 Å². The summed E-state index contributed by atoms with van der Waals surface area (Å²) >= 11 is 0. The van der Waals surface area contributed by atoms with Crippen molar-refractivity contribution in [3.8, 4) is 11.4 Å². The van der Waals surface area contributed by atoms with Gasteiger partial charge < -0.3 is 4.90 Å². The lowest BCUT2D eigenvalue weighted by Crippen LogP contribution is -2.28. The summed E-state index contributed by atoms with van der Waals surface area (Å²) in [5, 5.41) is 0. The van der Waals surface area contributed by atoms with Crippen molar-refractivity contribution in [1.29, 1.82) is 0 Å². The fraction of sp³-hybridized carbons (Fsp3) is 0.227. The standard InChI is InChI=1S/C22H17F4N3O/c1-2-13-3-8-18(22(24,25)26)17(9-13)21(30)29-11-15-10-27-20(28-19(15)12-29)14-4-6-16(23)7-5-14/h3-10H,2,11-12H2,1H3. The first-order valence-corrected chi connectivity index (χ1v) is 9.36. The van der Waals surface area contributed by atoms with Gasteiger partial charge in [-0.3, -0.25) is 4.79 Å². The van der Waals surface area contributed by atoms with E-state index < -0.39 is 17.6 Å². The molecular formula is C22H17F4N3O. The number of rotatable bonds is 3. The van der Waals surface area contributed by atoms with Gasteiger partial charge in [-0.25, -0.2) is 14.4 Å². The summed E-state index contributed by atoms with van der Waals surface area (Å²) in [7, 11) is 0. The van der Waals surface area contributed by atoms with Gasteiger partial charge in [-0.2, -0.15) is 13.2 Å². The van der Waals surface area contributed by atoms with Gasteiger partial charge in [0.2, 0.25) is 0 Å². The van der Waals surface area contributed by atoms with Crippen LogP contribution in [0.1, 0.15) is 39.7 Å². The molecule has 0 saturated carbocycles. The summed E-state index contributed by atoms with van der Waals surface area (Å²) in [5.74, 6) is -0.711. The number of aryl methyl sites for hydroxylation is 1. The topological polar surface area (TPSA) is 46.1 Å². The van der Waals surface area contributed by atoms with Crippen molar-refractivity contribution >= 4 is 5.91 Å². The zero-order valence-electron chi connectivity index (χ0n) is 16.0. The monoisotopic (exact) mass is 415 g/mol. The molecule has 0 radical (unpaired) electrons. The van der Waals surface area contributed by atoms with Gasteiger partial charge >= 0.3 is 6.18 Å². The van der Waals surface area contributed by atoms with Crippen LogP contribution in [0.2, 0.25) is 0 Å². The number of fused-ring (bicyclic) bond motifs is 1. The van der Waals surface area contributed by atoms with E-state index in [0.29, 0.717) is 34.6 Å². The molecule has 30 heavy (non-hydrogen) atoms. The second kappa shape index (κ2) is 7.51. The number of benzene rings is 2. The van der Waals surface area contributed by atoms with Crippen molar-refractivity contribution in [3.63, 3.8) is 0 Å². The van der Waals surface area contributed by atoms with E-state index in [0.717, 1.165) is 6.07 Å². The molecule has 0 unspecified atom stereocenters. The zero-order chi connectivity index (χ0) is 21.5. The lowest BCUT2D eigenvalue weighted by molar-refractivity contribution is -0.138. The quantitative estimate of drug-likeness (QED) is 0.565. The summed E-state index contributed by atoms with van der Waals surface area (Å²) in [6, 6.07) is 9.33. The third-order valence-corrected chi connectivity index (χ3v) is 5.07. The van der Waals surface area contributed by atoms with Crippen molar-refractivity contribution < 1.29 is 22.4 Å². The van der Waals surface area contributed by atoms with Crippen LogP contribution in [0.4, 0.5) is 17.6 Å². The third kappa shape index (κ3) is 3.77. The minimum atomic E-state index is -4.63. The summed E-state index contributed by atoms with van der Waals surface area (Å²) in [6.45, 7) is 2.03. The Balaban J connectivity index is 1.63. The van der Waals surface area contributed by atoms with E-state index in [1.165, 1.54) is 29.2 Å². The highest BCUT2D eigenvalue weighted by Gasteiger charge is 2.37. The molecule has 0 N–H and O–H groups in total. The molecule has 1 amide bonds. The van der Waals surface area contributed by atoms with Gasteiger partial charge in [0.05, 0.1) is 23.4 Å². The first-order valence-electron chi connectivity index (χ1n) is 9.36. The second-order valence-corrected chi connectivity index (χ2v) is 7.06. The van der Waals surface area contributed by atoms with E-state index in [-0.39, 0.29) is 24.5 Å². The van der Waals surface area contributed by atoms with E-state index in [1.54, 1.807) is 18.3 Å². The van der Waals surface area contributed by atoms with E-state index in [9.17, 15) is 22.4 Å². The molecular weight excluding hydrogens is 398 g/mol. The summed E-state index contributed by atoms with van der Waals surface area (Å²) in [4.78, 5) is 23.0. The number of amides is 1. The predicted molar refractivity (Wildman–Crippen MR) is 102 cm³/mol. The molecule has 2 heterocycles. The molecule has 0 spiro atoms. The van der Waals surface area contributed by atoms with Gasteiger partial charge in [0, 0.05) is 23.9 Å². The number of carbonyl (C=O) groups is 1. The predicted octanol–water partition coefficient (Wildman–Crippen LogP) is 5.02. The zero-order valence-corrected chi connectivity index (χ0v) is 16.0. The molecule has 0 atom stereocenters. The molecule has 1 aromatic heterocycles. The minimum Gasteiger partial charge on any atom is -0.328 e. The summed E-state index contributed by atoms with van der Waals surface area (Å²) in [5.41, 5.74) is 1.20.